The number of anilines is 2. The van der Waals surface area contributed by atoms with Gasteiger partial charge in [0.05, 0.1) is 24.0 Å². The van der Waals surface area contributed by atoms with Crippen LogP contribution in [0.1, 0.15) is 18.5 Å². The van der Waals surface area contributed by atoms with Crippen molar-refractivity contribution in [3.05, 3.63) is 90.5 Å². The Balaban J connectivity index is 1.56. The molecular weight excluding hydrogens is 392 g/mol. The third kappa shape index (κ3) is 3.25. The van der Waals surface area contributed by atoms with Gasteiger partial charge in [-0.2, -0.15) is 0 Å². The van der Waals surface area contributed by atoms with Crippen LogP contribution in [0.2, 0.25) is 0 Å². The Morgan fingerprint density at radius 3 is 2.03 bits per heavy atom. The number of fused-ring (bicyclic) bond motifs is 1. The van der Waals surface area contributed by atoms with Gasteiger partial charge in [0.15, 0.2) is 6.10 Å². The molecule has 3 aromatic carbocycles. The van der Waals surface area contributed by atoms with Crippen LogP contribution < -0.4 is 14.7 Å². The van der Waals surface area contributed by atoms with E-state index in [0.29, 0.717) is 12.3 Å². The van der Waals surface area contributed by atoms with Crippen LogP contribution in [0.15, 0.2) is 84.9 Å². The van der Waals surface area contributed by atoms with Crippen LogP contribution in [0.5, 0.6) is 5.75 Å². The zero-order chi connectivity index (χ0) is 21.4. The zero-order valence-corrected chi connectivity index (χ0v) is 17.0. The van der Waals surface area contributed by atoms with Crippen LogP contribution in [-0.2, 0) is 14.4 Å². The topological polar surface area (TPSA) is 59.1 Å². The van der Waals surface area contributed by atoms with Gasteiger partial charge in [-0.3, -0.25) is 14.4 Å². The minimum absolute atomic E-state index is 0.251. The highest BCUT2D eigenvalue weighted by atomic mass is 16.7. The Morgan fingerprint density at radius 1 is 0.806 bits per heavy atom. The Labute approximate surface area is 180 Å². The highest BCUT2D eigenvalue weighted by Gasteiger charge is 2.60. The van der Waals surface area contributed by atoms with Gasteiger partial charge in [-0.25, -0.2) is 9.96 Å². The number of carbonyl (C=O) groups is 2. The largest absolute Gasteiger partial charge is 0.494 e. The zero-order valence-electron chi connectivity index (χ0n) is 17.0. The molecule has 0 aromatic heterocycles. The summed E-state index contributed by atoms with van der Waals surface area (Å²) in [5.41, 5.74) is 2.24. The minimum Gasteiger partial charge on any atom is -0.494 e. The third-order valence-electron chi connectivity index (χ3n) is 5.67. The first-order valence-electron chi connectivity index (χ1n) is 10.4. The van der Waals surface area contributed by atoms with Crippen LogP contribution in [0.4, 0.5) is 11.4 Å². The number of hydrogen-bond acceptors (Lipinski definition) is 5. The van der Waals surface area contributed by atoms with E-state index in [4.69, 9.17) is 9.57 Å². The van der Waals surface area contributed by atoms with Crippen LogP contribution in [0.25, 0.3) is 0 Å². The Kier molecular flexibility index (Phi) is 4.92. The molecule has 6 heteroatoms. The summed E-state index contributed by atoms with van der Waals surface area (Å²) >= 11 is 0. The fourth-order valence-corrected chi connectivity index (χ4v) is 4.31. The quantitative estimate of drug-likeness (QED) is 0.588. The standard InChI is InChI=1S/C25H22N2O4/c1-2-30-20-15-13-17(14-16-20)22-21-23(31-27(22)19-11-7-4-8-12-19)25(29)26(24(21)28)18-9-5-3-6-10-18/h3-16,21-23H,2H2,1H3/t21-,22+,23-/m1/s1. The molecule has 0 saturated carbocycles. The molecule has 5 rings (SSSR count). The molecule has 3 aromatic rings. The van der Waals surface area contributed by atoms with E-state index in [-0.39, 0.29) is 11.8 Å². The maximum absolute atomic E-state index is 13.5. The predicted octanol–water partition coefficient (Wildman–Crippen LogP) is 4.14. The van der Waals surface area contributed by atoms with Gasteiger partial charge in [-0.1, -0.05) is 48.5 Å². The van der Waals surface area contributed by atoms with E-state index >= 15 is 0 Å². The number of imide groups is 1. The van der Waals surface area contributed by atoms with Gasteiger partial charge >= 0.3 is 0 Å². The van der Waals surface area contributed by atoms with Crippen molar-refractivity contribution in [3.63, 3.8) is 0 Å². The first-order valence-corrected chi connectivity index (χ1v) is 10.4. The number of nitrogens with zero attached hydrogens (tertiary/aromatic N) is 2. The molecule has 2 fully saturated rings. The van der Waals surface area contributed by atoms with Crippen LogP contribution in [-0.4, -0.2) is 24.5 Å². The average molecular weight is 414 g/mol. The highest BCUT2D eigenvalue weighted by Crippen LogP contribution is 2.47. The molecule has 2 amide bonds. The summed E-state index contributed by atoms with van der Waals surface area (Å²) < 4.78 is 5.56. The van der Waals surface area contributed by atoms with E-state index in [2.05, 4.69) is 0 Å². The summed E-state index contributed by atoms with van der Waals surface area (Å²) in [4.78, 5) is 34.1. The lowest BCUT2D eigenvalue weighted by Gasteiger charge is -2.28. The number of carbonyl (C=O) groups excluding carboxylic acids is 2. The van der Waals surface area contributed by atoms with Gasteiger partial charge in [0.2, 0.25) is 5.91 Å². The molecule has 0 N–H and O–H groups in total. The molecule has 6 nitrogen and oxygen atoms in total. The van der Waals surface area contributed by atoms with Crippen LogP contribution in [0, 0.1) is 5.92 Å². The van der Waals surface area contributed by atoms with Crippen LogP contribution >= 0.6 is 0 Å². The molecule has 0 bridgehead atoms. The summed E-state index contributed by atoms with van der Waals surface area (Å²) in [5.74, 6) is -0.479. The monoisotopic (exact) mass is 414 g/mol. The molecule has 2 saturated heterocycles. The van der Waals surface area contributed by atoms with Gasteiger partial charge < -0.3 is 4.74 Å². The van der Waals surface area contributed by atoms with Gasteiger partial charge in [0.1, 0.15) is 11.7 Å². The number of rotatable bonds is 5. The van der Waals surface area contributed by atoms with Crippen LogP contribution in [0.3, 0.4) is 0 Å². The average Bonchev–Trinajstić information content (AvgIpc) is 3.32. The molecule has 0 radical (unpaired) electrons. The third-order valence-corrected chi connectivity index (χ3v) is 5.67. The van der Waals surface area contributed by atoms with Gasteiger partial charge in [0, 0.05) is 0 Å². The van der Waals surface area contributed by atoms with Crippen molar-refractivity contribution in [2.24, 2.45) is 5.92 Å². The van der Waals surface area contributed by atoms with E-state index in [1.165, 1.54) is 4.90 Å². The van der Waals surface area contributed by atoms with Crippen molar-refractivity contribution in [2.45, 2.75) is 19.1 Å². The molecule has 156 valence electrons. The molecule has 2 aliphatic heterocycles. The first-order chi connectivity index (χ1) is 15.2. The summed E-state index contributed by atoms with van der Waals surface area (Å²) in [7, 11) is 0. The number of para-hydroxylation sites is 2. The molecule has 0 unspecified atom stereocenters. The summed E-state index contributed by atoms with van der Waals surface area (Å²) in [6, 6.07) is 25.7. The van der Waals surface area contributed by atoms with E-state index in [1.54, 1.807) is 17.2 Å². The predicted molar refractivity (Wildman–Crippen MR) is 117 cm³/mol. The number of benzene rings is 3. The fraction of sp³-hybridized carbons (Fsp3) is 0.200. The van der Waals surface area contributed by atoms with Crippen molar-refractivity contribution in [1.29, 1.82) is 0 Å². The number of ether oxygens (including phenoxy) is 1. The second-order valence-electron chi connectivity index (χ2n) is 7.51. The Hall–Kier alpha value is -3.64. The number of hydrogen-bond donors (Lipinski definition) is 0. The molecule has 2 aliphatic rings. The summed E-state index contributed by atoms with van der Waals surface area (Å²) in [6.07, 6.45) is -0.871. The maximum atomic E-state index is 13.5. The second kappa shape index (κ2) is 7.89. The van der Waals surface area contributed by atoms with Gasteiger partial charge in [-0.05, 0) is 48.9 Å². The van der Waals surface area contributed by atoms with E-state index in [0.717, 1.165) is 17.0 Å². The molecule has 0 aliphatic carbocycles. The van der Waals surface area contributed by atoms with Gasteiger partial charge in [0.25, 0.3) is 5.91 Å². The first kappa shape index (κ1) is 19.3. The van der Waals surface area contributed by atoms with Gasteiger partial charge in [-0.15, -0.1) is 0 Å². The van der Waals surface area contributed by atoms with Crippen molar-refractivity contribution < 1.29 is 19.2 Å². The normalized spacial score (nSPS) is 22.7. The van der Waals surface area contributed by atoms with E-state index in [9.17, 15) is 9.59 Å². The van der Waals surface area contributed by atoms with Crippen molar-refractivity contribution in [2.75, 3.05) is 16.6 Å². The molecule has 2 heterocycles. The lowest BCUT2D eigenvalue weighted by atomic mass is 9.90. The minimum atomic E-state index is -0.871. The van der Waals surface area contributed by atoms with E-state index < -0.39 is 18.1 Å². The Bertz CT molecular complexity index is 1090. The highest BCUT2D eigenvalue weighted by molar-refractivity contribution is 6.23. The van der Waals surface area contributed by atoms with Crippen molar-refractivity contribution in [1.82, 2.24) is 0 Å². The van der Waals surface area contributed by atoms with Crippen molar-refractivity contribution >= 4 is 23.2 Å². The lowest BCUT2D eigenvalue weighted by molar-refractivity contribution is -0.126. The number of hydroxylamine groups is 1. The number of amides is 2. The second-order valence-corrected chi connectivity index (χ2v) is 7.51. The molecule has 0 spiro atoms. The maximum Gasteiger partial charge on any atom is 0.266 e. The summed E-state index contributed by atoms with van der Waals surface area (Å²) in [6.45, 7) is 2.51. The smallest absolute Gasteiger partial charge is 0.266 e. The van der Waals surface area contributed by atoms with E-state index in [1.807, 2.05) is 79.7 Å². The molecular formula is C25H22N2O4. The lowest BCUT2D eigenvalue weighted by Crippen LogP contribution is -2.37. The Morgan fingerprint density at radius 2 is 1.42 bits per heavy atom. The fourth-order valence-electron chi connectivity index (χ4n) is 4.31. The SMILES string of the molecule is CCOc1ccc([C@H]2[C@H]3C(=O)N(c4ccccc4)C(=O)[C@@H]3ON2c2ccccc2)cc1. The summed E-state index contributed by atoms with van der Waals surface area (Å²) in [5, 5.41) is 1.70. The van der Waals surface area contributed by atoms with Crippen molar-refractivity contribution in [3.8, 4) is 5.75 Å². The molecule has 3 atom stereocenters. The molecule has 31 heavy (non-hydrogen) atoms.